The largest absolute Gasteiger partial charge is 0.472 e. The van der Waals surface area contributed by atoms with Crippen LogP contribution in [0.15, 0.2) is 16.9 Å². The zero-order valence-electron chi connectivity index (χ0n) is 11.8. The van der Waals surface area contributed by atoms with E-state index < -0.39 is 18.1 Å². The van der Waals surface area contributed by atoms with Crippen LogP contribution >= 0.6 is 0 Å². The molecule has 0 aromatic carbocycles. The summed E-state index contributed by atoms with van der Waals surface area (Å²) in [5.41, 5.74) is 1.33. The highest BCUT2D eigenvalue weighted by Gasteiger charge is 2.40. The number of imide groups is 1. The van der Waals surface area contributed by atoms with Gasteiger partial charge >= 0.3 is 6.09 Å². The van der Waals surface area contributed by atoms with Crippen molar-refractivity contribution in [3.05, 3.63) is 23.7 Å². The first-order valence-corrected chi connectivity index (χ1v) is 6.61. The fourth-order valence-corrected chi connectivity index (χ4v) is 2.30. The standard InChI is InChI=1S/C14H19NO5/c1-8(2)11-7-20-14(18)15(11)13(17)4-12(16)10-6-19-5-9(10)3/h5-6,8,11-12,16H,4,7H2,1-3H3/t11-,12+/m0/s1. The lowest BCUT2D eigenvalue weighted by Gasteiger charge is -2.23. The quantitative estimate of drug-likeness (QED) is 0.913. The molecule has 1 aliphatic heterocycles. The summed E-state index contributed by atoms with van der Waals surface area (Å²) in [5, 5.41) is 10.1. The second-order valence-corrected chi connectivity index (χ2v) is 5.38. The van der Waals surface area contributed by atoms with Crippen LogP contribution in [0.4, 0.5) is 4.79 Å². The number of aliphatic hydroxyl groups is 1. The normalized spacial score (nSPS) is 20.4. The lowest BCUT2D eigenvalue weighted by molar-refractivity contribution is -0.131. The molecule has 110 valence electrons. The van der Waals surface area contributed by atoms with Gasteiger partial charge in [-0.3, -0.25) is 4.79 Å². The number of ether oxygens (including phenoxy) is 1. The molecule has 0 aliphatic carbocycles. The molecule has 2 rings (SSSR count). The Bertz CT molecular complexity index is 507. The molecule has 1 aromatic rings. The minimum atomic E-state index is -0.984. The number of hydrogen-bond acceptors (Lipinski definition) is 5. The third kappa shape index (κ3) is 2.70. The summed E-state index contributed by atoms with van der Waals surface area (Å²) in [6.45, 7) is 5.84. The van der Waals surface area contributed by atoms with Gasteiger partial charge in [-0.1, -0.05) is 13.8 Å². The van der Waals surface area contributed by atoms with Crippen molar-refractivity contribution in [2.45, 2.75) is 39.3 Å². The van der Waals surface area contributed by atoms with Crippen LogP contribution in [0.5, 0.6) is 0 Å². The fraction of sp³-hybridized carbons (Fsp3) is 0.571. The van der Waals surface area contributed by atoms with Gasteiger partial charge < -0.3 is 14.3 Å². The van der Waals surface area contributed by atoms with E-state index in [0.29, 0.717) is 5.56 Å². The first-order valence-electron chi connectivity index (χ1n) is 6.61. The Kier molecular flexibility index (Phi) is 4.13. The van der Waals surface area contributed by atoms with Gasteiger partial charge in [-0.25, -0.2) is 9.69 Å². The summed E-state index contributed by atoms with van der Waals surface area (Å²) in [6, 6.07) is -0.271. The van der Waals surface area contributed by atoms with Crippen LogP contribution in [-0.2, 0) is 9.53 Å². The zero-order valence-corrected chi connectivity index (χ0v) is 11.8. The Morgan fingerprint density at radius 2 is 2.20 bits per heavy atom. The molecule has 0 unspecified atom stereocenters. The van der Waals surface area contributed by atoms with Crippen LogP contribution in [0.2, 0.25) is 0 Å². The Morgan fingerprint density at radius 3 is 2.75 bits per heavy atom. The minimum Gasteiger partial charge on any atom is -0.472 e. The topological polar surface area (TPSA) is 80.0 Å². The van der Waals surface area contributed by atoms with E-state index >= 15 is 0 Å². The molecule has 0 saturated carbocycles. The average molecular weight is 281 g/mol. The van der Waals surface area contributed by atoms with E-state index in [2.05, 4.69) is 0 Å². The zero-order chi connectivity index (χ0) is 14.9. The number of aryl methyl sites for hydroxylation is 1. The number of carbonyl (C=O) groups is 2. The van der Waals surface area contributed by atoms with Gasteiger partial charge in [-0.15, -0.1) is 0 Å². The van der Waals surface area contributed by atoms with Gasteiger partial charge in [0.2, 0.25) is 5.91 Å². The number of rotatable bonds is 4. The summed E-state index contributed by atoms with van der Waals surface area (Å²) in [6.07, 6.45) is 1.13. The van der Waals surface area contributed by atoms with Crippen LogP contribution in [0, 0.1) is 12.8 Å². The van der Waals surface area contributed by atoms with Crippen molar-refractivity contribution in [3.63, 3.8) is 0 Å². The molecule has 0 spiro atoms. The maximum absolute atomic E-state index is 12.2. The Hall–Kier alpha value is -1.82. The summed E-state index contributed by atoms with van der Waals surface area (Å²) in [7, 11) is 0. The Morgan fingerprint density at radius 1 is 1.50 bits per heavy atom. The number of furan rings is 1. The predicted molar refractivity (Wildman–Crippen MR) is 69.8 cm³/mol. The van der Waals surface area contributed by atoms with Crippen molar-refractivity contribution in [2.24, 2.45) is 5.92 Å². The van der Waals surface area contributed by atoms with Crippen LogP contribution < -0.4 is 0 Å². The smallest absolute Gasteiger partial charge is 0.416 e. The highest BCUT2D eigenvalue weighted by molar-refractivity contribution is 5.93. The fourth-order valence-electron chi connectivity index (χ4n) is 2.30. The molecule has 2 amide bonds. The van der Waals surface area contributed by atoms with Gasteiger partial charge in [-0.05, 0) is 18.4 Å². The first-order chi connectivity index (χ1) is 9.41. The van der Waals surface area contributed by atoms with E-state index in [1.54, 1.807) is 6.92 Å². The summed E-state index contributed by atoms with van der Waals surface area (Å²) >= 11 is 0. The molecule has 0 bridgehead atoms. The van der Waals surface area contributed by atoms with Crippen molar-refractivity contribution in [3.8, 4) is 0 Å². The molecule has 2 heterocycles. The summed E-state index contributed by atoms with van der Waals surface area (Å²) < 4.78 is 9.90. The molecule has 1 N–H and O–H groups in total. The van der Waals surface area contributed by atoms with Crippen LogP contribution in [0.25, 0.3) is 0 Å². The van der Waals surface area contributed by atoms with Crippen molar-refractivity contribution < 1.29 is 23.8 Å². The molecule has 2 atom stereocenters. The molecule has 6 heteroatoms. The molecule has 1 aromatic heterocycles. The van der Waals surface area contributed by atoms with Crippen molar-refractivity contribution in [1.82, 2.24) is 4.90 Å². The SMILES string of the molecule is Cc1cocc1[C@H](O)CC(=O)N1C(=O)OC[C@H]1C(C)C. The second-order valence-electron chi connectivity index (χ2n) is 5.38. The van der Waals surface area contributed by atoms with Gasteiger partial charge in [-0.2, -0.15) is 0 Å². The molecular formula is C14H19NO5. The van der Waals surface area contributed by atoms with Crippen LogP contribution in [-0.4, -0.2) is 34.7 Å². The van der Waals surface area contributed by atoms with E-state index in [1.807, 2.05) is 13.8 Å². The number of carbonyl (C=O) groups excluding carboxylic acids is 2. The number of nitrogens with zero attached hydrogens (tertiary/aromatic N) is 1. The minimum absolute atomic E-state index is 0.109. The molecule has 1 fully saturated rings. The Labute approximate surface area is 117 Å². The Balaban J connectivity index is 2.07. The number of hydrogen-bond donors (Lipinski definition) is 1. The predicted octanol–water partition coefficient (Wildman–Crippen LogP) is 2.01. The third-order valence-corrected chi connectivity index (χ3v) is 3.57. The average Bonchev–Trinajstić information content (AvgIpc) is 2.95. The molecule has 1 aliphatic rings. The molecule has 6 nitrogen and oxygen atoms in total. The van der Waals surface area contributed by atoms with Crippen LogP contribution in [0.1, 0.15) is 37.5 Å². The molecule has 1 saturated heterocycles. The summed E-state index contributed by atoms with van der Waals surface area (Å²) in [4.78, 5) is 25.0. The van der Waals surface area contributed by atoms with E-state index in [4.69, 9.17) is 9.15 Å². The van der Waals surface area contributed by atoms with E-state index in [9.17, 15) is 14.7 Å². The van der Waals surface area contributed by atoms with Gasteiger partial charge in [0, 0.05) is 5.56 Å². The van der Waals surface area contributed by atoms with Crippen molar-refractivity contribution in [1.29, 1.82) is 0 Å². The van der Waals surface area contributed by atoms with Crippen molar-refractivity contribution in [2.75, 3.05) is 6.61 Å². The maximum Gasteiger partial charge on any atom is 0.416 e. The monoisotopic (exact) mass is 281 g/mol. The number of cyclic esters (lactones) is 1. The highest BCUT2D eigenvalue weighted by Crippen LogP contribution is 2.26. The van der Waals surface area contributed by atoms with E-state index in [1.165, 1.54) is 12.5 Å². The number of aliphatic hydroxyl groups excluding tert-OH is 1. The van der Waals surface area contributed by atoms with E-state index in [0.717, 1.165) is 10.5 Å². The van der Waals surface area contributed by atoms with Crippen molar-refractivity contribution >= 4 is 12.0 Å². The molecular weight excluding hydrogens is 262 g/mol. The van der Waals surface area contributed by atoms with E-state index in [-0.39, 0.29) is 25.0 Å². The van der Waals surface area contributed by atoms with Crippen LogP contribution in [0.3, 0.4) is 0 Å². The van der Waals surface area contributed by atoms with Gasteiger partial charge in [0.05, 0.1) is 31.1 Å². The maximum atomic E-state index is 12.2. The summed E-state index contributed by atoms with van der Waals surface area (Å²) in [5.74, 6) is -0.322. The van der Waals surface area contributed by atoms with Gasteiger partial charge in [0.15, 0.2) is 0 Å². The number of amides is 2. The first kappa shape index (κ1) is 14.6. The molecule has 20 heavy (non-hydrogen) atoms. The lowest BCUT2D eigenvalue weighted by atomic mass is 10.0. The highest BCUT2D eigenvalue weighted by atomic mass is 16.6. The van der Waals surface area contributed by atoms with Gasteiger partial charge in [0.1, 0.15) is 6.61 Å². The van der Waals surface area contributed by atoms with Gasteiger partial charge in [0.25, 0.3) is 0 Å². The molecule has 0 radical (unpaired) electrons. The third-order valence-electron chi connectivity index (χ3n) is 3.57. The second kappa shape index (κ2) is 5.66. The lowest BCUT2D eigenvalue weighted by Crippen LogP contribution is -2.42.